The summed E-state index contributed by atoms with van der Waals surface area (Å²) >= 11 is 0. The molecule has 0 radical (unpaired) electrons. The van der Waals surface area contributed by atoms with E-state index in [9.17, 15) is 41.2 Å². The summed E-state index contributed by atoms with van der Waals surface area (Å²) < 4.78 is 1240. The van der Waals surface area contributed by atoms with Crippen LogP contribution in [-0.2, 0) is 0 Å². The predicted octanol–water partition coefficient (Wildman–Crippen LogP) is 21.2. The number of nitrogens with zero attached hydrogens (tertiary/aromatic N) is 7. The van der Waals surface area contributed by atoms with Crippen LogP contribution in [0.5, 0.6) is 40.2 Å². The van der Waals surface area contributed by atoms with E-state index in [1.165, 1.54) is 14.1 Å². The van der Waals surface area contributed by atoms with Gasteiger partial charge in [-0.25, -0.2) is 0 Å². The fourth-order valence-corrected chi connectivity index (χ4v) is 10.7. The third-order valence-corrected chi connectivity index (χ3v) is 16.8. The van der Waals surface area contributed by atoms with Crippen molar-refractivity contribution in [1.82, 2.24) is 34.3 Å². The van der Waals surface area contributed by atoms with E-state index in [0.717, 1.165) is 40.1 Å². The summed E-state index contributed by atoms with van der Waals surface area (Å²) in [6.07, 6.45) is -149. The maximum atomic E-state index is 12.1. The molecule has 0 bridgehead atoms. The highest BCUT2D eigenvalue weighted by Gasteiger charge is 2.46. The van der Waals surface area contributed by atoms with Crippen LogP contribution in [0.25, 0.3) is 0 Å². The zero-order chi connectivity index (χ0) is 233. The molecule has 7 aromatic carbocycles. The van der Waals surface area contributed by atoms with Crippen molar-refractivity contribution in [2.24, 2.45) is 0 Å². The first kappa shape index (κ1) is 27.6. The molecule has 7 unspecified atom stereocenters. The number of methoxy groups -OCH3 is 7. The van der Waals surface area contributed by atoms with E-state index in [4.69, 9.17) is 199 Å². The molecule has 21 nitrogen and oxygen atoms in total. The Labute approximate surface area is 1060 Å². The van der Waals surface area contributed by atoms with E-state index in [-0.39, 0.29) is 9.80 Å². The van der Waals surface area contributed by atoms with Crippen molar-refractivity contribution in [2.45, 2.75) is 304 Å². The van der Waals surface area contributed by atoms with E-state index in [1.54, 1.807) is 0 Å². The average molecular weight is 2090 g/mol. The van der Waals surface area contributed by atoms with Crippen molar-refractivity contribution in [3.63, 3.8) is 0 Å². The smallest absolute Gasteiger partial charge is 0.118 e. The van der Waals surface area contributed by atoms with Crippen LogP contribution in [0.1, 0.15) is 508 Å². The molecule has 14 rings (SSSR count). The molecule has 0 amide bonds. The van der Waals surface area contributed by atoms with Gasteiger partial charge in [-0.1, -0.05) is 218 Å². The number of ether oxygens (including phenoxy) is 7. The summed E-state index contributed by atoms with van der Waals surface area (Å²) in [7, 11) is -16.0. The first-order chi connectivity index (χ1) is 125. The molecule has 7 saturated carbocycles. The van der Waals surface area contributed by atoms with Gasteiger partial charge in [0.15, 0.2) is 0 Å². The summed E-state index contributed by atoms with van der Waals surface area (Å²) in [4.78, 5) is 0.469. The summed E-state index contributed by atoms with van der Waals surface area (Å²) in [5.41, 5.74) is -42.4. The Morgan fingerprint density at radius 3 is 0.614 bits per heavy atom. The SMILES string of the molecule is [2H]c1c([2H])c(C(C([2H])([2H])N(C([2H])([2H])[2H])C([2H])([2H])[2H])C2(O)C([2H])([2H])C([2H])([2H])C([2H])([2H])C([2H])([2H])C2([2H])[2H])c([2H])c([2H])c1OC([2H])([2H])[2H].[2H]c1c([2H])c(C(C([2H])([2H])N(C)C([2H])([2H])[2H])C2(O)C([2H])([2H])C([2H])([2H])C([2H])([2H])C([2H])([2H])C2([2H])[2H])c([2H])c([2H])c1OC([2H])([2H])[2H].[2H]c1c([2H])c(C(C([2H])([2H])N(C)C)C2(O)C([2H])([2H])C([2H])([2H])C([2H])([2H])C([2H])([2H])C2([2H])[2H])c([2H])c([2H])c1OC([2H])([2H])[2H].[2H]c1c([2H])c(C([2H])(C([2H])([2H])N(C)C)C2(O)C([2H])([2H])C([2H])([2H])C([2H])([2H])C([2H])([2H])C2([2H])[2H])c([2H])c([2H])c1OC([2H])([2H])[2H].[2H]c1c([2H])c(C([2H])(CN(C([2H])([2H])[2H])C([2H])([2H])[2H])C2(O)C([2H])([2H])C([2H])([2H])C([2H])([2H])C([2H])([2H])C2([2H])[2H])c([2H])c([2H])c1OC([2H])([2H])[2H].[2H]c1c([2H])c(C([2H])(CN(C)C([2H])([2H])[2H])C2(O)C([2H])([2H])C([2H])([2H])C([2H])([2H])C([2H])([2H])C2([2H])[2H])c([2H])c([2H])c1OC([2H])([2H])[2H].[2H]c1c([2H])c(C([2H])(CN(C)C)C2(O)C([2H])([2H])C([2H])([2H])C([2H])([2H])C([2H])([2H])C2([2H])[2H])c([2H])c([2H])c1OC([2H])([2H])[2H]. The minimum atomic E-state index is -4.84. The first-order valence-corrected chi connectivity index (χ1v) is 38.1. The molecule has 140 heavy (non-hydrogen) atoms. The lowest BCUT2D eigenvalue weighted by Crippen LogP contribution is -2.42. The molecule has 7 aliphatic carbocycles. The van der Waals surface area contributed by atoms with Crippen LogP contribution in [0, 0.1) is 0 Å². The number of hydrogen-bond acceptors (Lipinski definition) is 21. The van der Waals surface area contributed by atoms with Crippen molar-refractivity contribution in [2.75, 3.05) is 193 Å². The van der Waals surface area contributed by atoms with Gasteiger partial charge in [0.1, 0.15) is 40.2 Å². The van der Waals surface area contributed by atoms with Gasteiger partial charge in [0, 0.05) is 224 Å². The maximum absolute atomic E-state index is 12.1. The fourth-order valence-electron chi connectivity index (χ4n) is 10.7. The molecule has 7 aliphatic rings. The Morgan fingerprint density at radius 2 is 0.407 bits per heavy atom. The van der Waals surface area contributed by atoms with Gasteiger partial charge in [-0.3, -0.25) is 0 Å². The molecule has 7 N–H and O–H groups in total. The molecular formula is C119H189N7O14. The zero-order valence-corrected chi connectivity index (χ0v) is 73.5. The van der Waals surface area contributed by atoms with Crippen LogP contribution in [-0.4, -0.2) is 302 Å². The second kappa shape index (κ2) is 58.7. The minimum absolute atomic E-state index is 0.206. The van der Waals surface area contributed by atoms with Gasteiger partial charge < -0.3 is 103 Å². The van der Waals surface area contributed by atoms with Gasteiger partial charge in [-0.2, -0.15) is 0 Å². The van der Waals surface area contributed by atoms with Crippen LogP contribution < -0.4 is 33.2 Å². The van der Waals surface area contributed by atoms with Gasteiger partial charge in [-0.05, 0) is 311 Å². The Kier molecular flexibility index (Phi) is 11.5. The lowest BCUT2D eigenvalue weighted by atomic mass is 9.72. The number of likely N-dealkylation sites (N-methyl/N-ethyl adjacent to an activating group) is 7. The normalized spacial score (nSPS) is 50.5. The van der Waals surface area contributed by atoms with Gasteiger partial charge in [-0.15, -0.1) is 0 Å². The standard InChI is InChI=1S/7C17H27NO2/c7*1-18(2)13-16(17(19)11-5-4-6-12-17)14-7-9-15(20-3)10-8-14/h7*7-10,16,19H,4-6,11-13H2,1-3H3/i1D3,2D3,3D3,4D2,5D2,6D2,7D,8D,9D,10D,11D2,12D2,16D;1D3,2D3,3D3,4D2,5D2,6D2,7D,8D,9D,10D,11D2,12D2,13D2;3D3,4D2,5D2,6D2,7D,8D,9D,10D,11D2,12D2,13D2,16D;1D3,3D3,4D2,5D2,6D2,7D,8D,9D,10D,11D2,12D2,16D;1D3,3D3,4D2,5D2,6D2,7D,8D,9D,10D,11D2,12D2,13D2;3D3,4D2,5D2,6D2,7D,8D,9D,10D,11D2,12D2,16D;3D3,4D2,5D2,6D2,7D,8D,9D,10D,11D2,12D2,13D2. The Hall–Kier alpha value is -7.42. The highest BCUT2D eigenvalue weighted by atomic mass is 16.5. The third kappa shape index (κ3) is 36.7. The van der Waals surface area contributed by atoms with Crippen molar-refractivity contribution in [1.29, 1.82) is 0 Å². The molecule has 0 spiro atoms. The number of hydrogen-bond donors (Lipinski definition) is 7. The first-order valence-electron chi connectivity index (χ1n) is 113. The Balaban J connectivity index is 0.000000393. The van der Waals surface area contributed by atoms with E-state index in [1.807, 2.05) is 0 Å². The van der Waals surface area contributed by atoms with Crippen molar-refractivity contribution in [3.05, 3.63) is 208 Å². The second-order valence-corrected chi connectivity index (χ2v) is 27.7. The van der Waals surface area contributed by atoms with Crippen LogP contribution in [0.3, 0.4) is 0 Å². The lowest BCUT2D eigenvalue weighted by molar-refractivity contribution is -0.0280. The summed E-state index contributed by atoms with van der Waals surface area (Å²) in [6, 6.07) is -39.9. The summed E-state index contributed by atoms with van der Waals surface area (Å²) in [5, 5.41) is 84.1. The quantitative estimate of drug-likeness (QED) is 0.0196. The molecule has 0 saturated heterocycles. The van der Waals surface area contributed by atoms with Gasteiger partial charge in [0.2, 0.25) is 0 Å². The van der Waals surface area contributed by atoms with E-state index in [2.05, 4.69) is 33.2 Å². The van der Waals surface area contributed by atoms with Gasteiger partial charge in [0.05, 0.1) is 156 Å². The summed E-state index contributed by atoms with van der Waals surface area (Å²) in [6.45, 7) is -43.1. The molecule has 7 aromatic rings. The van der Waals surface area contributed by atoms with Crippen LogP contribution in [0.4, 0.5) is 0 Å². The van der Waals surface area contributed by atoms with Gasteiger partial charge >= 0.3 is 0 Å². The zero-order valence-electron chi connectivity index (χ0n) is 222. The molecular weight excluding hydrogens is 1750 g/mol. The van der Waals surface area contributed by atoms with E-state index in [0.29, 0.717) is 16.8 Å². The lowest BCUT2D eigenvalue weighted by Gasteiger charge is -2.40. The molecule has 0 aliphatic heterocycles. The van der Waals surface area contributed by atoms with Crippen LogP contribution >= 0.6 is 0 Å². The highest BCUT2D eigenvalue weighted by molar-refractivity contribution is 5.38. The monoisotopic (exact) mass is 2090 g/mol. The minimum Gasteiger partial charge on any atom is -0.497 e. The molecule has 7 fully saturated rings. The topological polar surface area (TPSA) is 229 Å². The molecule has 7 atom stereocenters. The number of aliphatic hydroxyl groups is 7. The number of benzene rings is 7. The Morgan fingerprint density at radius 1 is 0.229 bits per heavy atom. The average Bonchev–Trinajstić information content (AvgIpc) is 0.638. The maximum Gasteiger partial charge on any atom is 0.118 e. The fraction of sp³-hybridized carbons (Fsp3) is 0.647. The van der Waals surface area contributed by atoms with E-state index < -0.39 is 699 Å². The molecule has 0 aromatic heterocycles. The highest BCUT2D eigenvalue weighted by Crippen LogP contribution is 2.49. The van der Waals surface area contributed by atoms with E-state index >= 15 is 0 Å². The third-order valence-electron chi connectivity index (χ3n) is 16.8. The van der Waals surface area contributed by atoms with Crippen molar-refractivity contribution >= 4 is 0 Å². The molecule has 0 heterocycles. The number of rotatable bonds is 35. The van der Waals surface area contributed by atoms with Crippen molar-refractivity contribution < 1.29 is 273 Å². The molecule has 21 heteroatoms. The van der Waals surface area contributed by atoms with Crippen LogP contribution in [0.2, 0.25) is 0 Å². The van der Waals surface area contributed by atoms with Gasteiger partial charge in [0.25, 0.3) is 0 Å². The molecule has 784 valence electrons. The predicted molar refractivity (Wildman–Crippen MR) is 576 cm³/mol. The largest absolute Gasteiger partial charge is 0.497 e. The second-order valence-electron chi connectivity index (χ2n) is 27.7. The Bertz CT molecular complexity index is 11700. The summed E-state index contributed by atoms with van der Waals surface area (Å²) in [5.74, 6) is -34.6. The van der Waals surface area contributed by atoms with Crippen molar-refractivity contribution in [3.8, 4) is 40.2 Å². The van der Waals surface area contributed by atoms with Crippen LogP contribution in [0.15, 0.2) is 169 Å².